The molecule has 28 heavy (non-hydrogen) atoms. The lowest BCUT2D eigenvalue weighted by Crippen LogP contribution is -2.36. The summed E-state index contributed by atoms with van der Waals surface area (Å²) >= 11 is 0.812. The molecule has 1 aliphatic rings. The Morgan fingerprint density at radius 3 is 2.54 bits per heavy atom. The number of thioether (sulfide) groups is 1. The van der Waals surface area contributed by atoms with Crippen molar-refractivity contribution in [1.82, 2.24) is 4.90 Å². The average molecular weight is 396 g/mol. The van der Waals surface area contributed by atoms with Crippen molar-refractivity contribution < 1.29 is 19.1 Å². The Labute approximate surface area is 167 Å². The first-order valence-electron chi connectivity index (χ1n) is 8.79. The van der Waals surface area contributed by atoms with Gasteiger partial charge in [-0.2, -0.15) is 0 Å². The molecule has 0 radical (unpaired) electrons. The van der Waals surface area contributed by atoms with E-state index in [1.165, 1.54) is 7.11 Å². The zero-order chi connectivity index (χ0) is 20.1. The third-order valence-corrected chi connectivity index (χ3v) is 5.15. The Balaban J connectivity index is 1.69. The van der Waals surface area contributed by atoms with Crippen LogP contribution in [-0.2, 0) is 16.0 Å². The molecule has 1 N–H and O–H groups in total. The molecule has 6 nitrogen and oxygen atoms in total. The van der Waals surface area contributed by atoms with Crippen LogP contribution in [0.1, 0.15) is 18.1 Å². The van der Waals surface area contributed by atoms with Crippen LogP contribution in [0, 0.1) is 0 Å². The lowest BCUT2D eigenvalue weighted by molar-refractivity contribution is -0.127. The summed E-state index contributed by atoms with van der Waals surface area (Å²) in [5, 5.41) is 2.24. The molecule has 0 aliphatic carbocycles. The van der Waals surface area contributed by atoms with Crippen molar-refractivity contribution in [1.29, 1.82) is 0 Å². The van der Waals surface area contributed by atoms with Crippen molar-refractivity contribution >= 4 is 40.6 Å². The molecule has 1 aliphatic heterocycles. The first-order valence-corrected chi connectivity index (χ1v) is 9.60. The van der Waals surface area contributed by atoms with Gasteiger partial charge in [0.1, 0.15) is 12.3 Å². The van der Waals surface area contributed by atoms with E-state index in [4.69, 9.17) is 4.74 Å². The summed E-state index contributed by atoms with van der Waals surface area (Å²) < 4.78 is 5.26. The summed E-state index contributed by atoms with van der Waals surface area (Å²) in [5.41, 5.74) is 2.47. The van der Waals surface area contributed by atoms with Crippen LogP contribution in [0.25, 0.3) is 6.08 Å². The molecular formula is C21H20N2O4S. The van der Waals surface area contributed by atoms with Crippen LogP contribution in [0.4, 0.5) is 10.5 Å². The van der Waals surface area contributed by atoms with Gasteiger partial charge in [-0.05, 0) is 48.0 Å². The van der Waals surface area contributed by atoms with Crippen LogP contribution in [0.3, 0.4) is 0 Å². The van der Waals surface area contributed by atoms with Gasteiger partial charge in [0.2, 0.25) is 5.91 Å². The molecule has 0 spiro atoms. The van der Waals surface area contributed by atoms with E-state index in [0.29, 0.717) is 17.0 Å². The second-order valence-corrected chi connectivity index (χ2v) is 7.10. The topological polar surface area (TPSA) is 75.7 Å². The van der Waals surface area contributed by atoms with Gasteiger partial charge in [-0.1, -0.05) is 37.3 Å². The van der Waals surface area contributed by atoms with E-state index < -0.39 is 17.1 Å². The van der Waals surface area contributed by atoms with E-state index in [0.717, 1.165) is 28.6 Å². The number of aryl methyl sites for hydroxylation is 1. The number of rotatable bonds is 6. The molecule has 7 heteroatoms. The molecule has 3 rings (SSSR count). The molecule has 0 saturated carbocycles. The molecule has 3 amide bonds. The van der Waals surface area contributed by atoms with Crippen LogP contribution in [0.15, 0.2) is 53.4 Å². The third-order valence-electron chi connectivity index (χ3n) is 4.25. The predicted octanol–water partition coefficient (Wildman–Crippen LogP) is 3.93. The number of imide groups is 1. The molecule has 0 aromatic heterocycles. The number of hydrogen-bond acceptors (Lipinski definition) is 5. The number of methoxy groups -OCH3 is 1. The fraction of sp³-hybridized carbons (Fsp3) is 0.190. The summed E-state index contributed by atoms with van der Waals surface area (Å²) in [4.78, 5) is 38.3. The highest BCUT2D eigenvalue weighted by Crippen LogP contribution is 2.33. The number of ether oxygens (including phenoxy) is 1. The van der Waals surface area contributed by atoms with E-state index >= 15 is 0 Å². The Hall–Kier alpha value is -3.06. The summed E-state index contributed by atoms with van der Waals surface area (Å²) in [6.07, 6.45) is 2.51. The monoisotopic (exact) mass is 396 g/mol. The Morgan fingerprint density at radius 1 is 1.14 bits per heavy atom. The average Bonchev–Trinajstić information content (AvgIpc) is 2.96. The molecule has 0 unspecified atom stereocenters. The molecule has 1 heterocycles. The lowest BCUT2D eigenvalue weighted by Gasteiger charge is -2.12. The largest absolute Gasteiger partial charge is 0.496 e. The predicted molar refractivity (Wildman–Crippen MR) is 110 cm³/mol. The zero-order valence-corrected chi connectivity index (χ0v) is 16.4. The number of nitrogens with one attached hydrogen (secondary N) is 1. The van der Waals surface area contributed by atoms with E-state index in [1.807, 2.05) is 31.2 Å². The number of carbonyl (C=O) groups is 3. The maximum atomic E-state index is 12.6. The fourth-order valence-corrected chi connectivity index (χ4v) is 3.56. The smallest absolute Gasteiger partial charge is 0.294 e. The summed E-state index contributed by atoms with van der Waals surface area (Å²) in [6, 6.07) is 14.6. The van der Waals surface area contributed by atoms with Crippen molar-refractivity contribution in [3.8, 4) is 5.75 Å². The summed E-state index contributed by atoms with van der Waals surface area (Å²) in [7, 11) is 1.54. The van der Waals surface area contributed by atoms with Gasteiger partial charge in [0.25, 0.3) is 11.1 Å². The van der Waals surface area contributed by atoms with Crippen LogP contribution in [0.5, 0.6) is 5.75 Å². The fourth-order valence-electron chi connectivity index (χ4n) is 2.73. The molecule has 0 atom stereocenters. The van der Waals surface area contributed by atoms with Gasteiger partial charge in [-0.3, -0.25) is 19.3 Å². The first-order chi connectivity index (χ1) is 13.5. The number of anilines is 1. The minimum Gasteiger partial charge on any atom is -0.496 e. The van der Waals surface area contributed by atoms with E-state index in [2.05, 4.69) is 5.32 Å². The molecule has 1 fully saturated rings. The second kappa shape index (κ2) is 8.75. The SMILES string of the molecule is CCc1ccc(NC(=O)CN2C(=O)S/C(=C\c3ccccc3OC)C2=O)cc1. The molecule has 1 saturated heterocycles. The van der Waals surface area contributed by atoms with Crippen LogP contribution >= 0.6 is 11.8 Å². The minimum atomic E-state index is -0.489. The van der Waals surface area contributed by atoms with Gasteiger partial charge in [-0.15, -0.1) is 0 Å². The summed E-state index contributed by atoms with van der Waals surface area (Å²) in [5.74, 6) is -0.315. The molecular weight excluding hydrogens is 376 g/mol. The van der Waals surface area contributed by atoms with E-state index in [-0.39, 0.29) is 11.4 Å². The minimum absolute atomic E-state index is 0.259. The Kier molecular flexibility index (Phi) is 6.16. The normalized spacial score (nSPS) is 15.2. The van der Waals surface area contributed by atoms with Crippen molar-refractivity contribution in [3.05, 3.63) is 64.6 Å². The first kappa shape index (κ1) is 19.7. The molecule has 2 aromatic carbocycles. The summed E-state index contributed by atoms with van der Waals surface area (Å²) in [6.45, 7) is 1.72. The van der Waals surface area contributed by atoms with Gasteiger partial charge >= 0.3 is 0 Å². The number of nitrogens with zero attached hydrogens (tertiary/aromatic N) is 1. The molecule has 2 aromatic rings. The number of benzene rings is 2. The van der Waals surface area contributed by atoms with Crippen molar-refractivity contribution in [2.45, 2.75) is 13.3 Å². The highest BCUT2D eigenvalue weighted by Gasteiger charge is 2.36. The second-order valence-electron chi connectivity index (χ2n) is 6.11. The number of carbonyl (C=O) groups excluding carboxylic acids is 3. The van der Waals surface area contributed by atoms with Gasteiger partial charge in [0, 0.05) is 11.3 Å². The standard InChI is InChI=1S/C21H20N2O4S/c1-3-14-8-10-16(11-9-14)22-19(24)13-23-20(25)18(28-21(23)26)12-15-6-4-5-7-17(15)27-2/h4-12H,3,13H2,1-2H3,(H,22,24)/b18-12-. The number of para-hydroxylation sites is 1. The highest BCUT2D eigenvalue weighted by molar-refractivity contribution is 8.18. The van der Waals surface area contributed by atoms with Crippen molar-refractivity contribution in [2.75, 3.05) is 19.0 Å². The zero-order valence-electron chi connectivity index (χ0n) is 15.6. The van der Waals surface area contributed by atoms with Gasteiger partial charge < -0.3 is 10.1 Å². The molecule has 0 bridgehead atoms. The van der Waals surface area contributed by atoms with E-state index in [1.54, 1.807) is 30.3 Å². The Bertz CT molecular complexity index is 938. The molecule has 144 valence electrons. The van der Waals surface area contributed by atoms with Gasteiger partial charge in [0.05, 0.1) is 12.0 Å². The highest BCUT2D eigenvalue weighted by atomic mass is 32.2. The van der Waals surface area contributed by atoms with Gasteiger partial charge in [-0.25, -0.2) is 0 Å². The number of hydrogen-bond donors (Lipinski definition) is 1. The van der Waals surface area contributed by atoms with Crippen molar-refractivity contribution in [2.24, 2.45) is 0 Å². The maximum Gasteiger partial charge on any atom is 0.294 e. The van der Waals surface area contributed by atoms with E-state index in [9.17, 15) is 14.4 Å². The van der Waals surface area contributed by atoms with Crippen molar-refractivity contribution in [3.63, 3.8) is 0 Å². The third kappa shape index (κ3) is 4.43. The quantitative estimate of drug-likeness (QED) is 0.749. The maximum absolute atomic E-state index is 12.6. The lowest BCUT2D eigenvalue weighted by atomic mass is 10.1. The number of amides is 3. The van der Waals surface area contributed by atoms with Crippen LogP contribution in [-0.4, -0.2) is 35.6 Å². The van der Waals surface area contributed by atoms with Crippen LogP contribution in [0.2, 0.25) is 0 Å². The van der Waals surface area contributed by atoms with Gasteiger partial charge in [0.15, 0.2) is 0 Å². The Morgan fingerprint density at radius 2 is 1.86 bits per heavy atom. The van der Waals surface area contributed by atoms with Crippen LogP contribution < -0.4 is 10.1 Å².